The zero-order valence-electron chi connectivity index (χ0n) is 17.3. The number of benzene rings is 2. The molecule has 1 aliphatic rings. The Morgan fingerprint density at radius 1 is 1.03 bits per heavy atom. The Balaban J connectivity index is 1.44. The third-order valence-electron chi connectivity index (χ3n) is 5.41. The van der Waals surface area contributed by atoms with Gasteiger partial charge in [0.1, 0.15) is 4.21 Å². The summed E-state index contributed by atoms with van der Waals surface area (Å²) in [5.74, 6) is 0.0777. The molecule has 0 saturated carbocycles. The first-order valence-electron chi connectivity index (χ1n) is 10.1. The van der Waals surface area contributed by atoms with Gasteiger partial charge in [0.25, 0.3) is 10.0 Å². The molecule has 1 atom stereocenters. The third-order valence-corrected chi connectivity index (χ3v) is 8.19. The molecule has 4 rings (SSSR count). The molecule has 0 aliphatic carbocycles. The predicted molar refractivity (Wildman–Crippen MR) is 124 cm³/mol. The molecule has 0 bridgehead atoms. The van der Waals surface area contributed by atoms with Crippen LogP contribution in [0.5, 0.6) is 0 Å². The first-order chi connectivity index (χ1) is 14.9. The van der Waals surface area contributed by atoms with Crippen molar-refractivity contribution in [3.8, 4) is 0 Å². The lowest BCUT2D eigenvalue weighted by Gasteiger charge is -2.40. The number of anilines is 1. The molecular formula is C23H25N3O3S2. The molecular weight excluding hydrogens is 430 g/mol. The van der Waals surface area contributed by atoms with E-state index in [9.17, 15) is 13.2 Å². The predicted octanol–water partition coefficient (Wildman–Crippen LogP) is 3.61. The lowest BCUT2D eigenvalue weighted by molar-refractivity contribution is -0.135. The Morgan fingerprint density at radius 3 is 2.45 bits per heavy atom. The summed E-state index contributed by atoms with van der Waals surface area (Å²) in [6, 6.07) is 20.4. The Kier molecular flexibility index (Phi) is 6.41. The van der Waals surface area contributed by atoms with E-state index in [4.69, 9.17) is 0 Å². The molecule has 1 N–H and O–H groups in total. The highest BCUT2D eigenvalue weighted by atomic mass is 32.2. The van der Waals surface area contributed by atoms with E-state index in [1.54, 1.807) is 41.8 Å². The largest absolute Gasteiger partial charge is 0.333 e. The number of carbonyl (C=O) groups is 1. The Hall–Kier alpha value is -2.68. The van der Waals surface area contributed by atoms with Crippen molar-refractivity contribution in [3.05, 3.63) is 83.2 Å². The molecule has 3 aromatic rings. The number of nitrogens with zero attached hydrogens (tertiary/aromatic N) is 2. The highest BCUT2D eigenvalue weighted by molar-refractivity contribution is 7.94. The molecule has 8 heteroatoms. The molecule has 2 aromatic carbocycles. The van der Waals surface area contributed by atoms with Gasteiger partial charge in [0.05, 0.1) is 12.5 Å². The van der Waals surface area contributed by atoms with Crippen LogP contribution in [-0.4, -0.2) is 50.8 Å². The van der Waals surface area contributed by atoms with Crippen LogP contribution < -0.4 is 4.72 Å². The fourth-order valence-electron chi connectivity index (χ4n) is 3.77. The van der Waals surface area contributed by atoms with Crippen molar-refractivity contribution in [2.24, 2.45) is 0 Å². The van der Waals surface area contributed by atoms with Crippen LogP contribution in [0.1, 0.15) is 17.2 Å². The molecule has 1 saturated heterocycles. The van der Waals surface area contributed by atoms with Crippen LogP contribution in [0.2, 0.25) is 0 Å². The quantitative estimate of drug-likeness (QED) is 0.617. The molecule has 0 radical (unpaired) electrons. The van der Waals surface area contributed by atoms with Gasteiger partial charge in [-0.15, -0.1) is 11.3 Å². The molecule has 1 fully saturated rings. The van der Waals surface area contributed by atoms with Crippen molar-refractivity contribution in [1.82, 2.24) is 9.80 Å². The van der Waals surface area contributed by atoms with Crippen LogP contribution in [-0.2, 0) is 21.2 Å². The van der Waals surface area contributed by atoms with Crippen LogP contribution in [0.3, 0.4) is 0 Å². The van der Waals surface area contributed by atoms with Gasteiger partial charge in [0.15, 0.2) is 0 Å². The summed E-state index contributed by atoms with van der Waals surface area (Å²) in [6.07, 6.45) is 0.283. The van der Waals surface area contributed by atoms with Gasteiger partial charge in [-0.3, -0.25) is 9.52 Å². The summed E-state index contributed by atoms with van der Waals surface area (Å²) >= 11 is 1.17. The second-order valence-corrected chi connectivity index (χ2v) is 10.5. The number of sulfonamides is 1. The van der Waals surface area contributed by atoms with Crippen LogP contribution >= 0.6 is 11.3 Å². The summed E-state index contributed by atoms with van der Waals surface area (Å²) in [6.45, 7) is 2.34. The number of amides is 1. The highest BCUT2D eigenvalue weighted by Crippen LogP contribution is 2.26. The Bertz CT molecular complexity index is 1110. The third kappa shape index (κ3) is 5.15. The van der Waals surface area contributed by atoms with Crippen molar-refractivity contribution < 1.29 is 13.2 Å². The first-order valence-corrected chi connectivity index (χ1v) is 12.5. The number of nitrogens with one attached hydrogen (secondary N) is 1. The lowest BCUT2D eigenvalue weighted by atomic mass is 10.0. The maximum atomic E-state index is 13.1. The van der Waals surface area contributed by atoms with Crippen molar-refractivity contribution in [3.63, 3.8) is 0 Å². The minimum Gasteiger partial charge on any atom is -0.333 e. The maximum absolute atomic E-state index is 13.1. The summed E-state index contributed by atoms with van der Waals surface area (Å²) in [5, 5.41) is 1.73. The van der Waals surface area contributed by atoms with E-state index in [1.807, 2.05) is 23.1 Å². The number of thiophene rings is 1. The van der Waals surface area contributed by atoms with E-state index < -0.39 is 10.0 Å². The average molecular weight is 456 g/mol. The van der Waals surface area contributed by atoms with Gasteiger partial charge in [-0.2, -0.15) is 0 Å². The van der Waals surface area contributed by atoms with Crippen molar-refractivity contribution in [2.45, 2.75) is 16.7 Å². The van der Waals surface area contributed by atoms with Gasteiger partial charge in [0.2, 0.25) is 5.91 Å². The zero-order chi connectivity index (χ0) is 21.8. The Labute approximate surface area is 187 Å². The molecule has 6 nitrogen and oxygen atoms in total. The summed E-state index contributed by atoms with van der Waals surface area (Å²) in [7, 11) is -1.50. The van der Waals surface area contributed by atoms with E-state index in [0.29, 0.717) is 12.2 Å². The van der Waals surface area contributed by atoms with Crippen molar-refractivity contribution in [1.29, 1.82) is 0 Å². The van der Waals surface area contributed by atoms with Gasteiger partial charge >= 0.3 is 0 Å². The fraction of sp³-hybridized carbons (Fsp3) is 0.261. The molecule has 1 amide bonds. The monoisotopic (exact) mass is 455 g/mol. The smallest absolute Gasteiger partial charge is 0.271 e. The summed E-state index contributed by atoms with van der Waals surface area (Å²) < 4.78 is 27.6. The van der Waals surface area contributed by atoms with Crippen LogP contribution in [0.15, 0.2) is 76.3 Å². The van der Waals surface area contributed by atoms with E-state index in [1.165, 1.54) is 11.3 Å². The second kappa shape index (κ2) is 9.21. The van der Waals surface area contributed by atoms with E-state index in [2.05, 4.69) is 28.8 Å². The summed E-state index contributed by atoms with van der Waals surface area (Å²) in [4.78, 5) is 17.3. The number of hydrogen-bond donors (Lipinski definition) is 1. The molecule has 0 unspecified atom stereocenters. The minimum atomic E-state index is -3.58. The number of carbonyl (C=O) groups excluding carboxylic acids is 1. The lowest BCUT2D eigenvalue weighted by Crippen LogP contribution is -2.49. The fourth-order valence-corrected chi connectivity index (χ4v) is 5.82. The van der Waals surface area contributed by atoms with Gasteiger partial charge < -0.3 is 9.80 Å². The number of rotatable bonds is 6. The molecule has 31 heavy (non-hydrogen) atoms. The van der Waals surface area contributed by atoms with Gasteiger partial charge in [-0.25, -0.2) is 8.42 Å². The molecule has 0 spiro atoms. The van der Waals surface area contributed by atoms with Crippen LogP contribution in [0.4, 0.5) is 5.69 Å². The Morgan fingerprint density at radius 2 is 1.77 bits per heavy atom. The van der Waals surface area contributed by atoms with E-state index in [0.717, 1.165) is 24.2 Å². The average Bonchev–Trinajstić information content (AvgIpc) is 3.31. The number of hydrogen-bond acceptors (Lipinski definition) is 5. The van der Waals surface area contributed by atoms with Gasteiger partial charge in [0, 0.05) is 25.3 Å². The maximum Gasteiger partial charge on any atom is 0.271 e. The van der Waals surface area contributed by atoms with Crippen LogP contribution in [0.25, 0.3) is 0 Å². The topological polar surface area (TPSA) is 69.7 Å². The highest BCUT2D eigenvalue weighted by Gasteiger charge is 2.30. The SMILES string of the molecule is CN1CCN(C(=O)Cc2ccc(NS(=O)(=O)c3cccs3)cc2)[C@H](c2ccccc2)C1. The minimum absolute atomic E-state index is 0.0318. The van der Waals surface area contributed by atoms with Crippen molar-refractivity contribution in [2.75, 3.05) is 31.4 Å². The molecule has 162 valence electrons. The molecule has 2 heterocycles. The molecule has 1 aliphatic heterocycles. The van der Waals surface area contributed by atoms with Crippen molar-refractivity contribution >= 4 is 33.0 Å². The second-order valence-electron chi connectivity index (χ2n) is 7.69. The van der Waals surface area contributed by atoms with Gasteiger partial charge in [-0.05, 0) is 41.8 Å². The molecule has 1 aromatic heterocycles. The normalized spacial score (nSPS) is 17.5. The van der Waals surface area contributed by atoms with Gasteiger partial charge in [-0.1, -0.05) is 48.5 Å². The first kappa shape index (κ1) is 21.5. The van der Waals surface area contributed by atoms with Crippen LogP contribution in [0, 0.1) is 0 Å². The van der Waals surface area contributed by atoms with E-state index in [-0.39, 0.29) is 22.6 Å². The summed E-state index contributed by atoms with van der Waals surface area (Å²) in [5.41, 5.74) is 2.47. The standard InChI is InChI=1S/C23H25N3O3S2/c1-25-13-14-26(21(17-25)19-6-3-2-4-7-19)22(27)16-18-9-11-20(12-10-18)24-31(28,29)23-8-5-15-30-23/h2-12,15,21,24H,13-14,16-17H2,1H3/t21-/m0/s1. The zero-order valence-corrected chi connectivity index (χ0v) is 18.9. The van der Waals surface area contributed by atoms with E-state index >= 15 is 0 Å². The number of piperazine rings is 1. The number of likely N-dealkylation sites (N-methyl/N-ethyl adjacent to an activating group) is 1.